The van der Waals surface area contributed by atoms with Gasteiger partial charge in [-0.15, -0.1) is 0 Å². The summed E-state index contributed by atoms with van der Waals surface area (Å²) in [6.07, 6.45) is 3.90. The van der Waals surface area contributed by atoms with E-state index in [1.807, 2.05) is 0 Å². The molecule has 4 nitrogen and oxygen atoms in total. The predicted molar refractivity (Wildman–Crippen MR) is 39.4 cm³/mol. The van der Waals surface area contributed by atoms with Crippen LogP contribution in [0.5, 0.6) is 0 Å². The summed E-state index contributed by atoms with van der Waals surface area (Å²) < 4.78 is 22.0. The van der Waals surface area contributed by atoms with Gasteiger partial charge in [-0.3, -0.25) is 4.98 Å². The van der Waals surface area contributed by atoms with E-state index in [-0.39, 0.29) is 5.03 Å². The van der Waals surface area contributed by atoms with Crippen molar-refractivity contribution >= 4 is 9.84 Å². The van der Waals surface area contributed by atoms with Gasteiger partial charge in [0.15, 0.2) is 5.03 Å². The summed E-state index contributed by atoms with van der Waals surface area (Å²) in [5.74, 6) is 0. The van der Waals surface area contributed by atoms with Crippen molar-refractivity contribution in [3.05, 3.63) is 30.6 Å². The summed E-state index contributed by atoms with van der Waals surface area (Å²) in [5.41, 5.74) is 0. The molecule has 1 rings (SSSR count). The summed E-state index contributed by atoms with van der Waals surface area (Å²) in [6.45, 7) is 3.15. The van der Waals surface area contributed by atoms with E-state index >= 15 is 0 Å². The largest absolute Gasteiger partial charge is 0.260 e. The highest BCUT2D eigenvalue weighted by atomic mass is 32.2. The molecule has 0 atom stereocenters. The third-order valence-electron chi connectivity index (χ3n) is 1.05. The fourth-order valence-electron chi connectivity index (χ4n) is 0.518. The van der Waals surface area contributed by atoms with Crippen molar-refractivity contribution in [2.75, 3.05) is 0 Å². The molecule has 0 fully saturated rings. The number of aromatic nitrogens is 2. The second-order valence-electron chi connectivity index (χ2n) is 1.76. The lowest BCUT2D eigenvalue weighted by Gasteiger charge is -1.93. The van der Waals surface area contributed by atoms with Crippen molar-refractivity contribution in [3.63, 3.8) is 0 Å². The first-order chi connectivity index (χ1) is 5.17. The average molecular weight is 170 g/mol. The van der Waals surface area contributed by atoms with Gasteiger partial charge in [-0.05, 0) is 0 Å². The molecule has 0 saturated carbocycles. The zero-order valence-corrected chi connectivity index (χ0v) is 6.45. The molecule has 1 heterocycles. The maximum absolute atomic E-state index is 11.0. The van der Waals surface area contributed by atoms with Crippen molar-refractivity contribution in [1.82, 2.24) is 9.97 Å². The van der Waals surface area contributed by atoms with Crippen molar-refractivity contribution in [1.29, 1.82) is 0 Å². The lowest BCUT2D eigenvalue weighted by atomic mass is 10.8. The molecular formula is C6H6N2O2S. The third-order valence-corrected chi connectivity index (χ3v) is 2.28. The zero-order valence-electron chi connectivity index (χ0n) is 5.64. The highest BCUT2D eigenvalue weighted by Gasteiger charge is 2.09. The molecule has 5 heteroatoms. The first-order valence-corrected chi connectivity index (χ1v) is 4.35. The first kappa shape index (κ1) is 7.87. The van der Waals surface area contributed by atoms with Crippen molar-refractivity contribution in [2.24, 2.45) is 0 Å². The third kappa shape index (κ3) is 1.62. The van der Waals surface area contributed by atoms with Gasteiger partial charge in [0, 0.05) is 17.8 Å². The molecule has 0 aliphatic rings. The maximum atomic E-state index is 11.0. The first-order valence-electron chi connectivity index (χ1n) is 2.80. The van der Waals surface area contributed by atoms with Crippen LogP contribution in [0, 0.1) is 0 Å². The molecule has 0 spiro atoms. The second kappa shape index (κ2) is 2.79. The van der Waals surface area contributed by atoms with Gasteiger partial charge in [-0.1, -0.05) is 6.58 Å². The lowest BCUT2D eigenvalue weighted by molar-refractivity contribution is 0.600. The summed E-state index contributed by atoms with van der Waals surface area (Å²) in [4.78, 5) is 7.21. The minimum absolute atomic E-state index is 0.0741. The number of nitrogens with zero attached hydrogens (tertiary/aromatic N) is 2. The van der Waals surface area contributed by atoms with E-state index in [1.54, 1.807) is 0 Å². The van der Waals surface area contributed by atoms with Crippen LogP contribution in [0.4, 0.5) is 0 Å². The second-order valence-corrected chi connectivity index (χ2v) is 3.60. The number of hydrogen-bond donors (Lipinski definition) is 0. The quantitative estimate of drug-likeness (QED) is 0.644. The number of hydrogen-bond acceptors (Lipinski definition) is 4. The Morgan fingerprint density at radius 3 is 2.64 bits per heavy atom. The van der Waals surface area contributed by atoms with Crippen molar-refractivity contribution in [3.8, 4) is 0 Å². The Balaban J connectivity index is 3.24. The summed E-state index contributed by atoms with van der Waals surface area (Å²) >= 11 is 0. The average Bonchev–Trinajstić information content (AvgIpc) is 2.06. The summed E-state index contributed by atoms with van der Waals surface area (Å²) in [6, 6.07) is 0. The van der Waals surface area contributed by atoms with Crippen LogP contribution < -0.4 is 0 Å². The van der Waals surface area contributed by atoms with Crippen LogP contribution in [0.15, 0.2) is 35.6 Å². The highest BCUT2D eigenvalue weighted by Crippen LogP contribution is 2.04. The van der Waals surface area contributed by atoms with Gasteiger partial charge < -0.3 is 0 Å². The van der Waals surface area contributed by atoms with E-state index in [0.717, 1.165) is 5.41 Å². The van der Waals surface area contributed by atoms with Crippen LogP contribution in [0.1, 0.15) is 0 Å². The van der Waals surface area contributed by atoms with E-state index in [0.29, 0.717) is 0 Å². The van der Waals surface area contributed by atoms with Gasteiger partial charge >= 0.3 is 0 Å². The summed E-state index contributed by atoms with van der Waals surface area (Å²) in [7, 11) is -3.41. The minimum atomic E-state index is -3.41. The molecule has 0 unspecified atom stereocenters. The summed E-state index contributed by atoms with van der Waals surface area (Å²) in [5, 5.41) is 0.770. The Morgan fingerprint density at radius 1 is 1.45 bits per heavy atom. The van der Waals surface area contributed by atoms with E-state index in [9.17, 15) is 8.42 Å². The van der Waals surface area contributed by atoms with Crippen molar-refractivity contribution < 1.29 is 8.42 Å². The standard InChI is InChI=1S/C6H6N2O2S/c1-2-11(9,10)6-5-7-3-4-8-6/h2-5H,1H2. The normalized spacial score (nSPS) is 10.9. The van der Waals surface area contributed by atoms with Crippen LogP contribution >= 0.6 is 0 Å². The Labute approximate surface area is 64.5 Å². The Kier molecular flexibility index (Phi) is 2.00. The molecule has 0 radical (unpaired) electrons. The minimum Gasteiger partial charge on any atom is -0.260 e. The SMILES string of the molecule is C=CS(=O)(=O)c1cnccn1. The van der Waals surface area contributed by atoms with Gasteiger partial charge in [0.1, 0.15) is 0 Å². The van der Waals surface area contributed by atoms with Crippen LogP contribution in [0.3, 0.4) is 0 Å². The lowest BCUT2D eigenvalue weighted by Crippen LogP contribution is -1.98. The number of sulfone groups is 1. The molecule has 0 bridgehead atoms. The molecule has 0 N–H and O–H groups in total. The molecular weight excluding hydrogens is 164 g/mol. The van der Waals surface area contributed by atoms with Crippen LogP contribution in [-0.4, -0.2) is 18.4 Å². The smallest absolute Gasteiger partial charge is 0.218 e. The predicted octanol–water partition coefficient (Wildman–Crippen LogP) is 0.394. The fourth-order valence-corrected chi connectivity index (χ4v) is 1.10. The molecule has 1 aromatic heterocycles. The monoisotopic (exact) mass is 170 g/mol. The van der Waals surface area contributed by atoms with Crippen LogP contribution in [0.2, 0.25) is 0 Å². The number of rotatable bonds is 2. The van der Waals surface area contributed by atoms with Crippen LogP contribution in [0.25, 0.3) is 0 Å². The van der Waals surface area contributed by atoms with Gasteiger partial charge in [-0.2, -0.15) is 0 Å². The molecule has 58 valence electrons. The molecule has 0 aliphatic heterocycles. The molecule has 0 amide bonds. The molecule has 0 saturated heterocycles. The van der Waals surface area contributed by atoms with E-state index in [4.69, 9.17) is 0 Å². The van der Waals surface area contributed by atoms with E-state index in [1.165, 1.54) is 18.6 Å². The topological polar surface area (TPSA) is 59.9 Å². The zero-order chi connectivity index (χ0) is 8.32. The van der Waals surface area contributed by atoms with E-state index in [2.05, 4.69) is 16.5 Å². The van der Waals surface area contributed by atoms with Crippen molar-refractivity contribution in [2.45, 2.75) is 5.03 Å². The maximum Gasteiger partial charge on any atom is 0.218 e. The highest BCUT2D eigenvalue weighted by molar-refractivity contribution is 7.94. The Morgan fingerprint density at radius 2 is 2.18 bits per heavy atom. The Hall–Kier alpha value is -1.23. The van der Waals surface area contributed by atoms with Gasteiger partial charge in [0.2, 0.25) is 9.84 Å². The molecule has 0 aliphatic carbocycles. The van der Waals surface area contributed by atoms with E-state index < -0.39 is 9.84 Å². The van der Waals surface area contributed by atoms with Gasteiger partial charge in [0.25, 0.3) is 0 Å². The molecule has 1 aromatic rings. The Bertz CT molecular complexity index is 344. The van der Waals surface area contributed by atoms with Crippen LogP contribution in [-0.2, 0) is 9.84 Å². The molecule has 11 heavy (non-hydrogen) atoms. The van der Waals surface area contributed by atoms with Gasteiger partial charge in [0.05, 0.1) is 6.20 Å². The fraction of sp³-hybridized carbons (Fsp3) is 0. The molecule has 0 aromatic carbocycles. The van der Waals surface area contributed by atoms with Gasteiger partial charge in [-0.25, -0.2) is 13.4 Å².